The normalized spacial score (nSPS) is 9.86. The summed E-state index contributed by atoms with van der Waals surface area (Å²) in [6.07, 6.45) is 9.91. The van der Waals surface area contributed by atoms with Crippen LogP contribution in [0, 0.1) is 5.92 Å². The molecule has 0 aromatic heterocycles. The smallest absolute Gasteiger partial charge is 0.0351 e. The summed E-state index contributed by atoms with van der Waals surface area (Å²) in [5.74, 6) is 1.03. The van der Waals surface area contributed by atoms with Gasteiger partial charge in [-0.3, -0.25) is 0 Å². The second-order valence-corrected chi connectivity index (χ2v) is 3.99. The van der Waals surface area contributed by atoms with E-state index in [4.69, 9.17) is 0 Å². The first-order valence-corrected chi connectivity index (χ1v) is 6.16. The summed E-state index contributed by atoms with van der Waals surface area (Å²) >= 11 is 0. The van der Waals surface area contributed by atoms with Crippen LogP contribution in [0.5, 0.6) is 0 Å². The van der Waals surface area contributed by atoms with E-state index >= 15 is 0 Å². The van der Waals surface area contributed by atoms with Crippen LogP contribution in [0.15, 0.2) is 0 Å². The van der Waals surface area contributed by atoms with Gasteiger partial charge in [0.1, 0.15) is 0 Å². The molecule has 0 bridgehead atoms. The average molecular weight is 202 g/mol. The van der Waals surface area contributed by atoms with Crippen LogP contribution in [0.3, 0.4) is 0 Å². The molecular weight excluding hydrogens is 172 g/mol. The Hall–Kier alpha value is -0.0400. The Balaban J connectivity index is 0. The van der Waals surface area contributed by atoms with Gasteiger partial charge in [-0.2, -0.15) is 0 Å². The zero-order valence-electron chi connectivity index (χ0n) is 10.9. The van der Waals surface area contributed by atoms with Crippen molar-refractivity contribution in [3.8, 4) is 0 Å². The van der Waals surface area contributed by atoms with Gasteiger partial charge in [-0.05, 0) is 5.92 Å². The van der Waals surface area contributed by atoms with Gasteiger partial charge in [0, 0.05) is 14.2 Å². The van der Waals surface area contributed by atoms with Gasteiger partial charge in [0.05, 0.1) is 0 Å². The van der Waals surface area contributed by atoms with Crippen LogP contribution in [0.25, 0.3) is 0 Å². The van der Waals surface area contributed by atoms with E-state index in [9.17, 15) is 0 Å². The lowest BCUT2D eigenvalue weighted by molar-refractivity contribution is 0.277. The van der Waals surface area contributed by atoms with Crippen molar-refractivity contribution in [3.63, 3.8) is 0 Å². The van der Waals surface area contributed by atoms with Crippen LogP contribution in [0.4, 0.5) is 0 Å². The molecule has 0 atom stereocenters. The number of methoxy groups -OCH3 is 1. The first-order chi connectivity index (χ1) is 6.76. The molecule has 0 saturated carbocycles. The molecule has 0 amide bonds. The van der Waals surface area contributed by atoms with Crippen molar-refractivity contribution in [1.82, 2.24) is 0 Å². The van der Waals surface area contributed by atoms with Crippen molar-refractivity contribution < 1.29 is 4.74 Å². The summed E-state index contributed by atoms with van der Waals surface area (Å²) in [6, 6.07) is 0. The molecule has 0 heterocycles. The fourth-order valence-corrected chi connectivity index (χ4v) is 1.74. The molecular formula is C13H30O. The lowest BCUT2D eigenvalue weighted by Gasteiger charge is -2.13. The van der Waals surface area contributed by atoms with E-state index in [1.165, 1.54) is 44.9 Å². The highest BCUT2D eigenvalue weighted by molar-refractivity contribution is 4.57. The Morgan fingerprint density at radius 2 is 1.21 bits per heavy atom. The quantitative estimate of drug-likeness (QED) is 0.583. The third-order valence-electron chi connectivity index (χ3n) is 2.36. The molecule has 1 nitrogen and oxygen atoms in total. The maximum absolute atomic E-state index is 4.25. The van der Waals surface area contributed by atoms with Crippen molar-refractivity contribution >= 4 is 0 Å². The summed E-state index contributed by atoms with van der Waals surface area (Å²) in [5, 5.41) is 0. The van der Waals surface area contributed by atoms with Crippen LogP contribution in [-0.4, -0.2) is 14.2 Å². The molecule has 0 fully saturated rings. The van der Waals surface area contributed by atoms with Crippen LogP contribution in [0.1, 0.15) is 65.7 Å². The van der Waals surface area contributed by atoms with Gasteiger partial charge < -0.3 is 4.74 Å². The predicted molar refractivity (Wildman–Crippen MR) is 65.8 cm³/mol. The minimum atomic E-state index is 1.03. The lowest BCUT2D eigenvalue weighted by atomic mass is 9.93. The number of unbranched alkanes of at least 4 members (excludes halogenated alkanes) is 1. The van der Waals surface area contributed by atoms with Gasteiger partial charge in [-0.25, -0.2) is 0 Å². The van der Waals surface area contributed by atoms with Crippen LogP contribution in [0.2, 0.25) is 0 Å². The van der Waals surface area contributed by atoms with E-state index in [0.29, 0.717) is 0 Å². The molecule has 0 spiro atoms. The van der Waals surface area contributed by atoms with Crippen molar-refractivity contribution in [2.24, 2.45) is 5.92 Å². The summed E-state index contributed by atoms with van der Waals surface area (Å²) in [5.41, 5.74) is 0. The first kappa shape index (κ1) is 16.4. The Labute approximate surface area is 91.2 Å². The molecule has 0 saturated heterocycles. The molecule has 0 rings (SSSR count). The highest BCUT2D eigenvalue weighted by atomic mass is 16.4. The molecule has 0 aliphatic carbocycles. The van der Waals surface area contributed by atoms with Crippen LogP contribution >= 0.6 is 0 Å². The van der Waals surface area contributed by atoms with Gasteiger partial charge in [-0.15, -0.1) is 0 Å². The minimum absolute atomic E-state index is 1.03. The zero-order valence-corrected chi connectivity index (χ0v) is 10.9. The van der Waals surface area contributed by atoms with Crippen LogP contribution in [-0.2, 0) is 4.74 Å². The third-order valence-corrected chi connectivity index (χ3v) is 2.36. The molecule has 0 radical (unpaired) electrons. The zero-order chi connectivity index (χ0) is 11.2. The van der Waals surface area contributed by atoms with Gasteiger partial charge in [0.15, 0.2) is 0 Å². The maximum Gasteiger partial charge on any atom is 0.0351 e. The Morgan fingerprint density at radius 3 is 1.50 bits per heavy atom. The number of hydrogen-bond donors (Lipinski definition) is 0. The highest BCUT2D eigenvalue weighted by Gasteiger charge is 2.04. The van der Waals surface area contributed by atoms with Crippen molar-refractivity contribution in [2.45, 2.75) is 65.7 Å². The van der Waals surface area contributed by atoms with E-state index < -0.39 is 0 Å². The Kier molecular flexibility index (Phi) is 18.1. The van der Waals surface area contributed by atoms with Gasteiger partial charge >= 0.3 is 0 Å². The molecule has 14 heavy (non-hydrogen) atoms. The van der Waals surface area contributed by atoms with E-state index in [0.717, 1.165) is 5.92 Å². The topological polar surface area (TPSA) is 9.23 Å². The number of ether oxygens (including phenoxy) is 1. The van der Waals surface area contributed by atoms with E-state index in [1.54, 1.807) is 14.2 Å². The lowest BCUT2D eigenvalue weighted by Crippen LogP contribution is -1.99. The third kappa shape index (κ3) is 14.5. The molecule has 0 N–H and O–H groups in total. The molecule has 0 unspecified atom stereocenters. The average Bonchev–Trinajstić information content (AvgIpc) is 2.16. The van der Waals surface area contributed by atoms with Crippen molar-refractivity contribution in [1.29, 1.82) is 0 Å². The Morgan fingerprint density at radius 1 is 0.786 bits per heavy atom. The first-order valence-electron chi connectivity index (χ1n) is 6.16. The maximum atomic E-state index is 4.25. The molecule has 0 aromatic carbocycles. The van der Waals surface area contributed by atoms with E-state index in [2.05, 4.69) is 25.5 Å². The molecule has 0 aliphatic heterocycles. The van der Waals surface area contributed by atoms with Crippen molar-refractivity contribution in [3.05, 3.63) is 0 Å². The van der Waals surface area contributed by atoms with Gasteiger partial charge in [-0.1, -0.05) is 65.7 Å². The standard InChI is InChI=1S/C11H24.C2H6O/c1-4-7-10-11(8-5-2)9-6-3;1-3-2/h11H,4-10H2,1-3H3;1-2H3. The molecule has 0 aromatic rings. The predicted octanol–water partition coefficient (Wildman–Crippen LogP) is 4.66. The largest absolute Gasteiger partial charge is 0.388 e. The van der Waals surface area contributed by atoms with E-state index in [1.807, 2.05) is 0 Å². The monoisotopic (exact) mass is 202 g/mol. The Bertz CT molecular complexity index is 75.3. The molecule has 88 valence electrons. The van der Waals surface area contributed by atoms with E-state index in [-0.39, 0.29) is 0 Å². The summed E-state index contributed by atoms with van der Waals surface area (Å²) in [4.78, 5) is 0. The summed E-state index contributed by atoms with van der Waals surface area (Å²) < 4.78 is 4.25. The highest BCUT2D eigenvalue weighted by Crippen LogP contribution is 2.19. The summed E-state index contributed by atoms with van der Waals surface area (Å²) in [6.45, 7) is 6.89. The molecule has 0 aliphatic rings. The van der Waals surface area contributed by atoms with Gasteiger partial charge in [0.2, 0.25) is 0 Å². The van der Waals surface area contributed by atoms with Crippen molar-refractivity contribution in [2.75, 3.05) is 14.2 Å². The van der Waals surface area contributed by atoms with Crippen LogP contribution < -0.4 is 0 Å². The fourth-order valence-electron chi connectivity index (χ4n) is 1.74. The second-order valence-electron chi connectivity index (χ2n) is 3.99. The SMILES string of the molecule is CCCCC(CCC)CCC.COC. The second kappa shape index (κ2) is 15.4. The van der Waals surface area contributed by atoms with Gasteiger partial charge in [0.25, 0.3) is 0 Å². The number of hydrogen-bond acceptors (Lipinski definition) is 1. The molecule has 1 heteroatoms. The summed E-state index contributed by atoms with van der Waals surface area (Å²) in [7, 11) is 3.25. The minimum Gasteiger partial charge on any atom is -0.388 e. The fraction of sp³-hybridized carbons (Fsp3) is 1.00. The number of rotatable bonds is 7.